The van der Waals surface area contributed by atoms with Crippen LogP contribution in [0.15, 0.2) is 6.07 Å². The van der Waals surface area contributed by atoms with Crippen molar-refractivity contribution in [2.24, 2.45) is 0 Å². The van der Waals surface area contributed by atoms with Gasteiger partial charge in [0.25, 0.3) is 0 Å². The van der Waals surface area contributed by atoms with E-state index in [1.807, 2.05) is 0 Å². The van der Waals surface area contributed by atoms with Crippen LogP contribution in [0, 0.1) is 0 Å². The molecule has 0 aliphatic heterocycles. The fourth-order valence-corrected chi connectivity index (χ4v) is 0.879. The number of aromatic nitrogens is 4. The number of hydrogen-bond donors (Lipinski definition) is 3. The molecular formula is C5H6N6. The number of anilines is 2. The van der Waals surface area contributed by atoms with E-state index in [1.165, 1.54) is 0 Å². The van der Waals surface area contributed by atoms with E-state index in [4.69, 9.17) is 11.5 Å². The van der Waals surface area contributed by atoms with Crippen LogP contribution < -0.4 is 11.5 Å². The number of nitrogens with one attached hydrogen (secondary N) is 1. The highest BCUT2D eigenvalue weighted by Gasteiger charge is 2.03. The molecule has 0 aromatic carbocycles. The van der Waals surface area contributed by atoms with Gasteiger partial charge in [0.2, 0.25) is 5.65 Å². The Bertz CT molecular complexity index is 391. The molecule has 5 N–H and O–H groups in total. The van der Waals surface area contributed by atoms with Crippen molar-refractivity contribution in [1.29, 1.82) is 0 Å². The van der Waals surface area contributed by atoms with Gasteiger partial charge in [-0.05, 0) is 0 Å². The van der Waals surface area contributed by atoms with Crippen LogP contribution in [0.25, 0.3) is 11.2 Å². The Labute approximate surface area is 61.6 Å². The Hall–Kier alpha value is -1.85. The summed E-state index contributed by atoms with van der Waals surface area (Å²) in [6.45, 7) is 0. The largest absolute Gasteiger partial charge is 0.397 e. The Morgan fingerprint density at radius 3 is 2.91 bits per heavy atom. The van der Waals surface area contributed by atoms with Crippen molar-refractivity contribution in [2.45, 2.75) is 0 Å². The predicted octanol–water partition coefficient (Wildman–Crippen LogP) is -0.483. The normalized spacial score (nSPS) is 10.5. The number of pyridine rings is 1. The molecule has 2 aromatic heterocycles. The molecule has 11 heavy (non-hydrogen) atoms. The van der Waals surface area contributed by atoms with E-state index < -0.39 is 0 Å². The lowest BCUT2D eigenvalue weighted by Gasteiger charge is -1.93. The second-order valence-corrected chi connectivity index (χ2v) is 2.13. The van der Waals surface area contributed by atoms with Crippen LogP contribution in [0.4, 0.5) is 11.5 Å². The molecule has 0 unspecified atom stereocenters. The van der Waals surface area contributed by atoms with Crippen LogP contribution in [-0.4, -0.2) is 20.4 Å². The van der Waals surface area contributed by atoms with Gasteiger partial charge in [0.1, 0.15) is 5.82 Å². The average molecular weight is 150 g/mol. The lowest BCUT2D eigenvalue weighted by molar-refractivity contribution is 0.955. The van der Waals surface area contributed by atoms with Gasteiger partial charge in [0, 0.05) is 6.07 Å². The van der Waals surface area contributed by atoms with Crippen LogP contribution in [-0.2, 0) is 0 Å². The Morgan fingerprint density at radius 1 is 1.27 bits per heavy atom. The molecule has 0 fully saturated rings. The summed E-state index contributed by atoms with van der Waals surface area (Å²) in [7, 11) is 0. The monoisotopic (exact) mass is 150 g/mol. The summed E-state index contributed by atoms with van der Waals surface area (Å²) in [5.74, 6) is 0.351. The molecule has 56 valence electrons. The third kappa shape index (κ3) is 0.759. The van der Waals surface area contributed by atoms with Crippen LogP contribution in [0.5, 0.6) is 0 Å². The highest BCUT2D eigenvalue weighted by Crippen LogP contribution is 2.15. The first-order valence-corrected chi connectivity index (χ1v) is 3.00. The van der Waals surface area contributed by atoms with Crippen molar-refractivity contribution in [3.63, 3.8) is 0 Å². The number of H-pyrrole nitrogens is 1. The number of nitrogens with zero attached hydrogens (tertiary/aromatic N) is 3. The van der Waals surface area contributed by atoms with Crippen LogP contribution in [0.1, 0.15) is 0 Å². The summed E-state index contributed by atoms with van der Waals surface area (Å²) in [4.78, 5) is 3.89. The van der Waals surface area contributed by atoms with Crippen molar-refractivity contribution in [1.82, 2.24) is 20.4 Å². The summed E-state index contributed by atoms with van der Waals surface area (Å²) in [6.07, 6.45) is 0. The quantitative estimate of drug-likeness (QED) is 0.470. The molecule has 0 atom stereocenters. The van der Waals surface area contributed by atoms with Gasteiger partial charge in [-0.25, -0.2) is 4.98 Å². The van der Waals surface area contributed by atoms with Gasteiger partial charge in [-0.15, -0.1) is 5.10 Å². The lowest BCUT2D eigenvalue weighted by Crippen LogP contribution is -1.94. The molecule has 0 saturated carbocycles. The summed E-state index contributed by atoms with van der Waals surface area (Å²) in [5.41, 5.74) is 12.5. The van der Waals surface area contributed by atoms with Crippen molar-refractivity contribution < 1.29 is 0 Å². The Balaban J connectivity index is 2.91. The van der Waals surface area contributed by atoms with E-state index in [1.54, 1.807) is 6.07 Å². The first kappa shape index (κ1) is 5.90. The molecule has 6 nitrogen and oxygen atoms in total. The average Bonchev–Trinajstić information content (AvgIpc) is 2.34. The zero-order valence-corrected chi connectivity index (χ0v) is 5.57. The van der Waals surface area contributed by atoms with Gasteiger partial charge in [-0.1, -0.05) is 0 Å². The summed E-state index contributed by atoms with van der Waals surface area (Å²) >= 11 is 0. The maximum absolute atomic E-state index is 5.56. The molecule has 0 aliphatic rings. The van der Waals surface area contributed by atoms with Crippen molar-refractivity contribution >= 4 is 22.7 Å². The van der Waals surface area contributed by atoms with Gasteiger partial charge < -0.3 is 11.5 Å². The van der Waals surface area contributed by atoms with Gasteiger partial charge in [0.05, 0.1) is 5.69 Å². The number of hydrogen-bond acceptors (Lipinski definition) is 5. The van der Waals surface area contributed by atoms with E-state index in [9.17, 15) is 0 Å². The highest BCUT2D eigenvalue weighted by atomic mass is 15.3. The van der Waals surface area contributed by atoms with E-state index in [0.29, 0.717) is 22.7 Å². The fourth-order valence-electron chi connectivity index (χ4n) is 0.879. The zero-order chi connectivity index (χ0) is 7.84. The molecule has 6 heteroatoms. The standard InChI is InChI=1S/C5H6N6/c6-2-1-3(7)8-5-4(2)9-11-10-5/h1H,(H5,6,7,8,9,10,11). The van der Waals surface area contributed by atoms with Gasteiger partial charge >= 0.3 is 0 Å². The molecule has 2 heterocycles. The summed E-state index contributed by atoms with van der Waals surface area (Å²) in [6, 6.07) is 1.55. The number of nitrogens with two attached hydrogens (primary N) is 2. The number of aromatic amines is 1. The third-order valence-electron chi connectivity index (χ3n) is 1.34. The van der Waals surface area contributed by atoms with E-state index in [-0.39, 0.29) is 0 Å². The fraction of sp³-hybridized carbons (Fsp3) is 0. The molecule has 0 amide bonds. The lowest BCUT2D eigenvalue weighted by atomic mass is 10.3. The highest BCUT2D eigenvalue weighted by molar-refractivity contribution is 5.84. The smallest absolute Gasteiger partial charge is 0.205 e. The second kappa shape index (κ2) is 1.82. The molecule has 0 saturated heterocycles. The van der Waals surface area contributed by atoms with Crippen LogP contribution >= 0.6 is 0 Å². The van der Waals surface area contributed by atoms with Crippen molar-refractivity contribution in [2.75, 3.05) is 11.5 Å². The second-order valence-electron chi connectivity index (χ2n) is 2.13. The van der Waals surface area contributed by atoms with Gasteiger partial charge in [-0.2, -0.15) is 10.3 Å². The molecule has 0 spiro atoms. The first-order chi connectivity index (χ1) is 5.27. The number of nitrogen functional groups attached to an aromatic ring is 2. The summed E-state index contributed by atoms with van der Waals surface area (Å²) < 4.78 is 0. The third-order valence-corrected chi connectivity index (χ3v) is 1.34. The van der Waals surface area contributed by atoms with Crippen molar-refractivity contribution in [3.8, 4) is 0 Å². The number of fused-ring (bicyclic) bond motifs is 1. The van der Waals surface area contributed by atoms with E-state index in [2.05, 4.69) is 20.4 Å². The van der Waals surface area contributed by atoms with Gasteiger partial charge in [-0.3, -0.25) is 0 Å². The predicted molar refractivity (Wildman–Crippen MR) is 40.5 cm³/mol. The minimum atomic E-state index is 0.351. The molecule has 0 radical (unpaired) electrons. The van der Waals surface area contributed by atoms with Gasteiger partial charge in [0.15, 0.2) is 5.52 Å². The topological polar surface area (TPSA) is 106 Å². The van der Waals surface area contributed by atoms with E-state index in [0.717, 1.165) is 0 Å². The Morgan fingerprint density at radius 2 is 2.09 bits per heavy atom. The number of rotatable bonds is 0. The molecule has 0 bridgehead atoms. The van der Waals surface area contributed by atoms with Crippen molar-refractivity contribution in [3.05, 3.63) is 6.07 Å². The van der Waals surface area contributed by atoms with E-state index >= 15 is 0 Å². The van der Waals surface area contributed by atoms with Crippen LogP contribution in [0.3, 0.4) is 0 Å². The van der Waals surface area contributed by atoms with Crippen LogP contribution in [0.2, 0.25) is 0 Å². The Kier molecular flexibility index (Phi) is 0.974. The maximum Gasteiger partial charge on any atom is 0.205 e. The molecule has 2 aromatic rings. The minimum absolute atomic E-state index is 0.351. The molecule has 2 rings (SSSR count). The molecule has 0 aliphatic carbocycles. The zero-order valence-electron chi connectivity index (χ0n) is 5.57. The maximum atomic E-state index is 5.56. The first-order valence-electron chi connectivity index (χ1n) is 3.00. The molecular weight excluding hydrogens is 144 g/mol. The summed E-state index contributed by atoms with van der Waals surface area (Å²) in [5, 5.41) is 9.92. The SMILES string of the molecule is Nc1cc(N)c2n[nH]nc2n1. The minimum Gasteiger partial charge on any atom is -0.397 e.